The van der Waals surface area contributed by atoms with Crippen LogP contribution in [0.3, 0.4) is 0 Å². The van der Waals surface area contributed by atoms with E-state index in [0.29, 0.717) is 6.61 Å². The summed E-state index contributed by atoms with van der Waals surface area (Å²) < 4.78 is 11.8. The summed E-state index contributed by atoms with van der Waals surface area (Å²) >= 11 is 3.39. The highest BCUT2D eigenvalue weighted by Gasteiger charge is 2.09. The molecule has 0 amide bonds. The first-order valence-corrected chi connectivity index (χ1v) is 5.47. The van der Waals surface area contributed by atoms with Gasteiger partial charge in [0.25, 0.3) is 0 Å². The third-order valence-electron chi connectivity index (χ3n) is 1.83. The number of hydrogen-bond donors (Lipinski definition) is 0. The fraction of sp³-hybridized carbons (Fsp3) is 0.455. The maximum absolute atomic E-state index is 5.53. The van der Waals surface area contributed by atoms with Crippen molar-refractivity contribution in [2.24, 2.45) is 0 Å². The Hall–Kier alpha value is -0.380. The number of ether oxygens (including phenoxy) is 2. The van der Waals surface area contributed by atoms with Crippen LogP contribution in [-0.2, 0) is 9.47 Å². The van der Waals surface area contributed by atoms with Crippen molar-refractivity contribution < 1.29 is 9.47 Å². The summed E-state index contributed by atoms with van der Waals surface area (Å²) in [5.74, 6) is 0. The average molecular weight is 259 g/mol. The minimum Gasteiger partial charge on any atom is -0.352 e. The summed E-state index contributed by atoms with van der Waals surface area (Å²) in [4.78, 5) is 0. The Morgan fingerprint density at radius 1 is 1.29 bits per heavy atom. The Bertz CT molecular complexity index is 258. The van der Waals surface area contributed by atoms with Crippen LogP contribution in [0.15, 0.2) is 28.7 Å². The van der Waals surface area contributed by atoms with Gasteiger partial charge in [0.1, 0.15) is 0 Å². The lowest BCUT2D eigenvalue weighted by Crippen LogP contribution is -2.07. The molecule has 1 aromatic rings. The van der Waals surface area contributed by atoms with Gasteiger partial charge in [-0.15, -0.1) is 0 Å². The van der Waals surface area contributed by atoms with Gasteiger partial charge in [0.05, 0.1) is 0 Å². The van der Waals surface area contributed by atoms with E-state index in [1.165, 1.54) is 0 Å². The first-order valence-electron chi connectivity index (χ1n) is 4.67. The van der Waals surface area contributed by atoms with Crippen molar-refractivity contribution in [1.29, 1.82) is 0 Å². The van der Waals surface area contributed by atoms with Gasteiger partial charge in [-0.05, 0) is 18.6 Å². The highest BCUT2D eigenvalue weighted by molar-refractivity contribution is 9.10. The zero-order valence-corrected chi connectivity index (χ0v) is 10.1. The van der Waals surface area contributed by atoms with Crippen molar-refractivity contribution in [2.75, 3.05) is 13.7 Å². The lowest BCUT2D eigenvalue weighted by Gasteiger charge is -2.15. The molecule has 1 rings (SSSR count). The Morgan fingerprint density at radius 3 is 2.43 bits per heavy atom. The zero-order valence-electron chi connectivity index (χ0n) is 8.50. The standard InChI is InChI=1S/C11H15BrO2/c1-3-8-14-11(13-2)9-4-6-10(12)7-5-9/h4-7,11H,3,8H2,1-2H3. The van der Waals surface area contributed by atoms with Crippen molar-refractivity contribution in [3.8, 4) is 0 Å². The predicted molar refractivity (Wildman–Crippen MR) is 60.1 cm³/mol. The molecular formula is C11H15BrO2. The van der Waals surface area contributed by atoms with Crippen LogP contribution in [0.25, 0.3) is 0 Å². The summed E-state index contributed by atoms with van der Waals surface area (Å²) in [5, 5.41) is 0. The predicted octanol–water partition coefficient (Wildman–Crippen LogP) is 3.52. The Labute approximate surface area is 93.4 Å². The minimum absolute atomic E-state index is 0.247. The first kappa shape index (κ1) is 11.7. The van der Waals surface area contributed by atoms with Gasteiger partial charge in [0.15, 0.2) is 6.29 Å². The third kappa shape index (κ3) is 3.40. The summed E-state index contributed by atoms with van der Waals surface area (Å²) in [6.45, 7) is 2.79. The molecule has 1 unspecified atom stereocenters. The maximum atomic E-state index is 5.53. The van der Waals surface area contributed by atoms with E-state index < -0.39 is 0 Å². The highest BCUT2D eigenvalue weighted by Crippen LogP contribution is 2.20. The number of methoxy groups -OCH3 is 1. The SMILES string of the molecule is CCCOC(OC)c1ccc(Br)cc1. The van der Waals surface area contributed by atoms with Crippen LogP contribution >= 0.6 is 15.9 Å². The molecule has 0 aromatic heterocycles. The summed E-state index contributed by atoms with van der Waals surface area (Å²) in [7, 11) is 1.66. The number of hydrogen-bond acceptors (Lipinski definition) is 2. The quantitative estimate of drug-likeness (QED) is 0.753. The van der Waals surface area contributed by atoms with Crippen LogP contribution in [0, 0.1) is 0 Å². The van der Waals surface area contributed by atoms with Gasteiger partial charge in [0.2, 0.25) is 0 Å². The molecule has 0 heterocycles. The Balaban J connectivity index is 2.64. The molecule has 2 nitrogen and oxygen atoms in total. The zero-order chi connectivity index (χ0) is 10.4. The van der Waals surface area contributed by atoms with Crippen LogP contribution in [0.2, 0.25) is 0 Å². The normalized spacial score (nSPS) is 12.8. The van der Waals surface area contributed by atoms with Gasteiger partial charge >= 0.3 is 0 Å². The van der Waals surface area contributed by atoms with Gasteiger partial charge in [-0.2, -0.15) is 0 Å². The smallest absolute Gasteiger partial charge is 0.183 e. The lowest BCUT2D eigenvalue weighted by molar-refractivity contribution is -0.127. The fourth-order valence-corrected chi connectivity index (χ4v) is 1.41. The van der Waals surface area contributed by atoms with Crippen LogP contribution < -0.4 is 0 Å². The lowest BCUT2D eigenvalue weighted by atomic mass is 10.2. The minimum atomic E-state index is -0.247. The summed E-state index contributed by atoms with van der Waals surface area (Å²) in [6, 6.07) is 7.95. The topological polar surface area (TPSA) is 18.5 Å². The molecule has 14 heavy (non-hydrogen) atoms. The molecular weight excluding hydrogens is 244 g/mol. The van der Waals surface area contributed by atoms with E-state index in [4.69, 9.17) is 9.47 Å². The van der Waals surface area contributed by atoms with Crippen molar-refractivity contribution in [3.05, 3.63) is 34.3 Å². The van der Waals surface area contributed by atoms with E-state index in [1.54, 1.807) is 7.11 Å². The largest absolute Gasteiger partial charge is 0.352 e. The molecule has 78 valence electrons. The van der Waals surface area contributed by atoms with Crippen molar-refractivity contribution >= 4 is 15.9 Å². The van der Waals surface area contributed by atoms with E-state index in [2.05, 4.69) is 22.9 Å². The summed E-state index contributed by atoms with van der Waals surface area (Å²) in [6.07, 6.45) is 0.749. The molecule has 0 spiro atoms. The second-order valence-corrected chi connectivity index (χ2v) is 3.91. The maximum Gasteiger partial charge on any atom is 0.183 e. The van der Waals surface area contributed by atoms with Crippen molar-refractivity contribution in [3.63, 3.8) is 0 Å². The Morgan fingerprint density at radius 2 is 1.93 bits per heavy atom. The van der Waals surface area contributed by atoms with E-state index in [9.17, 15) is 0 Å². The van der Waals surface area contributed by atoms with Crippen LogP contribution in [0.5, 0.6) is 0 Å². The highest BCUT2D eigenvalue weighted by atomic mass is 79.9. The van der Waals surface area contributed by atoms with Gasteiger partial charge in [-0.1, -0.05) is 35.0 Å². The van der Waals surface area contributed by atoms with Crippen molar-refractivity contribution in [2.45, 2.75) is 19.6 Å². The second-order valence-electron chi connectivity index (χ2n) is 2.99. The van der Waals surface area contributed by atoms with E-state index in [0.717, 1.165) is 16.5 Å². The monoisotopic (exact) mass is 258 g/mol. The molecule has 3 heteroatoms. The third-order valence-corrected chi connectivity index (χ3v) is 2.36. The number of benzene rings is 1. The number of halogens is 1. The average Bonchev–Trinajstić information content (AvgIpc) is 2.21. The van der Waals surface area contributed by atoms with Gasteiger partial charge in [-0.25, -0.2) is 0 Å². The van der Waals surface area contributed by atoms with Crippen LogP contribution in [-0.4, -0.2) is 13.7 Å². The van der Waals surface area contributed by atoms with E-state index in [-0.39, 0.29) is 6.29 Å². The molecule has 0 aliphatic rings. The molecule has 0 fully saturated rings. The van der Waals surface area contributed by atoms with Gasteiger partial charge in [0, 0.05) is 23.8 Å². The molecule has 0 bridgehead atoms. The molecule has 0 saturated carbocycles. The van der Waals surface area contributed by atoms with E-state index >= 15 is 0 Å². The van der Waals surface area contributed by atoms with Crippen LogP contribution in [0.1, 0.15) is 25.2 Å². The second kappa shape index (κ2) is 6.17. The van der Waals surface area contributed by atoms with Crippen LogP contribution in [0.4, 0.5) is 0 Å². The molecule has 1 atom stereocenters. The van der Waals surface area contributed by atoms with Gasteiger partial charge in [-0.3, -0.25) is 0 Å². The van der Waals surface area contributed by atoms with Crippen molar-refractivity contribution in [1.82, 2.24) is 0 Å². The Kier molecular flexibility index (Phi) is 5.15. The molecule has 0 aliphatic carbocycles. The fourth-order valence-electron chi connectivity index (χ4n) is 1.15. The summed E-state index contributed by atoms with van der Waals surface area (Å²) in [5.41, 5.74) is 1.05. The first-order chi connectivity index (χ1) is 6.77. The van der Waals surface area contributed by atoms with Gasteiger partial charge < -0.3 is 9.47 Å². The van der Waals surface area contributed by atoms with E-state index in [1.807, 2.05) is 24.3 Å². The molecule has 0 aliphatic heterocycles. The number of rotatable bonds is 5. The molecule has 0 radical (unpaired) electrons. The molecule has 0 N–H and O–H groups in total. The molecule has 1 aromatic carbocycles. The molecule has 0 saturated heterocycles.